The summed E-state index contributed by atoms with van der Waals surface area (Å²) in [7, 11) is 3.39. The van der Waals surface area contributed by atoms with Gasteiger partial charge in [-0.15, -0.1) is 0 Å². The number of carbonyl (C=O) groups is 1. The Morgan fingerprint density at radius 1 is 1.47 bits per heavy atom. The first-order valence-electron chi connectivity index (χ1n) is 5.43. The predicted molar refractivity (Wildman–Crippen MR) is 64.7 cm³/mol. The number of rotatable bonds is 5. The topological polar surface area (TPSA) is 58.4 Å². The van der Waals surface area contributed by atoms with E-state index >= 15 is 0 Å². The zero-order chi connectivity index (χ0) is 12.8. The van der Waals surface area contributed by atoms with Gasteiger partial charge in [0.1, 0.15) is 5.82 Å². The van der Waals surface area contributed by atoms with Crippen LogP contribution in [0.1, 0.15) is 11.1 Å². The standard InChI is InChI=1S/C12H18FN3O/c1-15-12(17)8-16(2)7-10-5-11(13)4-3-9(10)6-14/h3-5H,6-8,14H2,1-2H3,(H,15,17). The van der Waals surface area contributed by atoms with Crippen molar-refractivity contribution >= 4 is 5.91 Å². The summed E-state index contributed by atoms with van der Waals surface area (Å²) in [4.78, 5) is 13.0. The zero-order valence-electron chi connectivity index (χ0n) is 10.2. The summed E-state index contributed by atoms with van der Waals surface area (Å²) in [6, 6.07) is 4.53. The SMILES string of the molecule is CNC(=O)CN(C)Cc1cc(F)ccc1CN. The minimum atomic E-state index is -0.287. The van der Waals surface area contributed by atoms with Crippen LogP contribution >= 0.6 is 0 Å². The maximum atomic E-state index is 13.1. The average Bonchev–Trinajstić information content (AvgIpc) is 2.29. The lowest BCUT2D eigenvalue weighted by molar-refractivity contribution is -0.121. The Morgan fingerprint density at radius 3 is 2.76 bits per heavy atom. The number of likely N-dealkylation sites (N-methyl/N-ethyl adjacent to an activating group) is 2. The van der Waals surface area contributed by atoms with Gasteiger partial charge < -0.3 is 11.1 Å². The molecule has 0 unspecified atom stereocenters. The van der Waals surface area contributed by atoms with Crippen molar-refractivity contribution in [3.63, 3.8) is 0 Å². The molecule has 0 bridgehead atoms. The monoisotopic (exact) mass is 239 g/mol. The number of hydrogen-bond acceptors (Lipinski definition) is 3. The Kier molecular flexibility index (Phi) is 5.06. The van der Waals surface area contributed by atoms with E-state index < -0.39 is 0 Å². The van der Waals surface area contributed by atoms with Gasteiger partial charge >= 0.3 is 0 Å². The lowest BCUT2D eigenvalue weighted by Gasteiger charge is -2.17. The normalized spacial score (nSPS) is 10.6. The molecular formula is C12H18FN3O. The Labute approximate surface area is 101 Å². The van der Waals surface area contributed by atoms with E-state index in [4.69, 9.17) is 5.73 Å². The van der Waals surface area contributed by atoms with E-state index in [0.717, 1.165) is 11.1 Å². The number of hydrogen-bond donors (Lipinski definition) is 2. The third-order valence-corrected chi connectivity index (χ3v) is 2.52. The maximum Gasteiger partial charge on any atom is 0.233 e. The van der Waals surface area contributed by atoms with Crippen molar-refractivity contribution in [2.75, 3.05) is 20.6 Å². The Balaban J connectivity index is 2.72. The van der Waals surface area contributed by atoms with E-state index in [1.165, 1.54) is 12.1 Å². The molecule has 0 aliphatic heterocycles. The van der Waals surface area contributed by atoms with Crippen LogP contribution in [0.25, 0.3) is 0 Å². The van der Waals surface area contributed by atoms with E-state index in [2.05, 4.69) is 5.32 Å². The molecule has 0 heterocycles. The molecule has 1 aromatic rings. The molecule has 1 rings (SSSR count). The first-order chi connectivity index (χ1) is 8.06. The highest BCUT2D eigenvalue weighted by atomic mass is 19.1. The van der Waals surface area contributed by atoms with Crippen molar-refractivity contribution < 1.29 is 9.18 Å². The van der Waals surface area contributed by atoms with Gasteiger partial charge in [0.25, 0.3) is 0 Å². The van der Waals surface area contributed by atoms with E-state index in [0.29, 0.717) is 13.1 Å². The van der Waals surface area contributed by atoms with Crippen molar-refractivity contribution in [3.05, 3.63) is 35.1 Å². The van der Waals surface area contributed by atoms with E-state index in [-0.39, 0.29) is 18.3 Å². The van der Waals surface area contributed by atoms with Gasteiger partial charge in [-0.25, -0.2) is 4.39 Å². The molecule has 0 saturated carbocycles. The van der Waals surface area contributed by atoms with Gasteiger partial charge in [0.2, 0.25) is 5.91 Å². The fraction of sp³-hybridized carbons (Fsp3) is 0.417. The molecule has 0 radical (unpaired) electrons. The largest absolute Gasteiger partial charge is 0.358 e. The second-order valence-corrected chi connectivity index (χ2v) is 3.96. The fourth-order valence-corrected chi connectivity index (χ4v) is 1.61. The highest BCUT2D eigenvalue weighted by Gasteiger charge is 2.09. The lowest BCUT2D eigenvalue weighted by Crippen LogP contribution is -2.32. The molecule has 3 N–H and O–H groups in total. The molecule has 5 heteroatoms. The van der Waals surface area contributed by atoms with Crippen LogP contribution in [0.3, 0.4) is 0 Å². The number of nitrogens with one attached hydrogen (secondary N) is 1. The summed E-state index contributed by atoms with van der Waals surface area (Å²) in [5, 5.41) is 2.54. The minimum Gasteiger partial charge on any atom is -0.358 e. The van der Waals surface area contributed by atoms with Crippen molar-refractivity contribution in [2.24, 2.45) is 5.73 Å². The molecule has 94 valence electrons. The first kappa shape index (κ1) is 13.6. The minimum absolute atomic E-state index is 0.0711. The number of carbonyl (C=O) groups excluding carboxylic acids is 1. The third-order valence-electron chi connectivity index (χ3n) is 2.52. The number of nitrogens with two attached hydrogens (primary N) is 1. The van der Waals surface area contributed by atoms with Crippen molar-refractivity contribution in [2.45, 2.75) is 13.1 Å². The summed E-state index contributed by atoms with van der Waals surface area (Å²) in [6.07, 6.45) is 0. The van der Waals surface area contributed by atoms with Gasteiger partial charge in [0.15, 0.2) is 0 Å². The lowest BCUT2D eigenvalue weighted by atomic mass is 10.1. The second kappa shape index (κ2) is 6.32. The number of amides is 1. The van der Waals surface area contributed by atoms with Crippen LogP contribution < -0.4 is 11.1 Å². The average molecular weight is 239 g/mol. The van der Waals surface area contributed by atoms with E-state index in [9.17, 15) is 9.18 Å². The molecule has 1 aromatic carbocycles. The summed E-state index contributed by atoms with van der Waals surface area (Å²) in [6.45, 7) is 1.14. The predicted octanol–water partition coefficient (Wildman–Crippen LogP) is 0.462. The Hall–Kier alpha value is -1.46. The fourth-order valence-electron chi connectivity index (χ4n) is 1.61. The quantitative estimate of drug-likeness (QED) is 0.785. The molecule has 0 aliphatic carbocycles. The van der Waals surface area contributed by atoms with Crippen molar-refractivity contribution in [3.8, 4) is 0 Å². The Morgan fingerprint density at radius 2 is 2.18 bits per heavy atom. The molecule has 0 atom stereocenters. The van der Waals surface area contributed by atoms with Crippen LogP contribution in [0.4, 0.5) is 4.39 Å². The van der Waals surface area contributed by atoms with Gasteiger partial charge in [-0.3, -0.25) is 9.69 Å². The summed E-state index contributed by atoms with van der Waals surface area (Å²) >= 11 is 0. The van der Waals surface area contributed by atoms with Crippen molar-refractivity contribution in [1.29, 1.82) is 0 Å². The molecule has 0 aliphatic rings. The second-order valence-electron chi connectivity index (χ2n) is 3.96. The Bertz CT molecular complexity index is 395. The van der Waals surface area contributed by atoms with Crippen LogP contribution in [-0.2, 0) is 17.9 Å². The molecule has 0 aromatic heterocycles. The van der Waals surface area contributed by atoms with Crippen LogP contribution in [0.5, 0.6) is 0 Å². The number of halogens is 1. The number of nitrogens with zero attached hydrogens (tertiary/aromatic N) is 1. The molecule has 0 spiro atoms. The molecule has 1 amide bonds. The van der Waals surface area contributed by atoms with Crippen LogP contribution in [0.2, 0.25) is 0 Å². The van der Waals surface area contributed by atoms with E-state index in [1.54, 1.807) is 20.2 Å². The summed E-state index contributed by atoms with van der Waals surface area (Å²) in [5.41, 5.74) is 7.30. The molecular weight excluding hydrogens is 221 g/mol. The summed E-state index contributed by atoms with van der Waals surface area (Å²) in [5.74, 6) is -0.358. The van der Waals surface area contributed by atoms with Gasteiger partial charge in [0, 0.05) is 20.1 Å². The molecule has 4 nitrogen and oxygen atoms in total. The third kappa shape index (κ3) is 4.13. The van der Waals surface area contributed by atoms with Gasteiger partial charge in [-0.1, -0.05) is 6.07 Å². The van der Waals surface area contributed by atoms with Crippen molar-refractivity contribution in [1.82, 2.24) is 10.2 Å². The zero-order valence-corrected chi connectivity index (χ0v) is 10.2. The van der Waals surface area contributed by atoms with E-state index in [1.807, 2.05) is 4.90 Å². The van der Waals surface area contributed by atoms with Crippen LogP contribution in [0.15, 0.2) is 18.2 Å². The molecule has 17 heavy (non-hydrogen) atoms. The van der Waals surface area contributed by atoms with Crippen LogP contribution in [-0.4, -0.2) is 31.4 Å². The highest BCUT2D eigenvalue weighted by Crippen LogP contribution is 2.12. The summed E-state index contributed by atoms with van der Waals surface area (Å²) < 4.78 is 13.1. The first-order valence-corrected chi connectivity index (χ1v) is 5.43. The number of benzene rings is 1. The van der Waals surface area contributed by atoms with Crippen LogP contribution in [0, 0.1) is 5.82 Å². The molecule has 0 fully saturated rings. The highest BCUT2D eigenvalue weighted by molar-refractivity contribution is 5.77. The smallest absolute Gasteiger partial charge is 0.233 e. The van der Waals surface area contributed by atoms with Gasteiger partial charge in [-0.2, -0.15) is 0 Å². The maximum absolute atomic E-state index is 13.1. The van der Waals surface area contributed by atoms with Gasteiger partial charge in [-0.05, 0) is 30.3 Å². The van der Waals surface area contributed by atoms with Gasteiger partial charge in [0.05, 0.1) is 6.54 Å². The molecule has 0 saturated heterocycles.